The quantitative estimate of drug-likeness (QED) is 0.885. The van der Waals surface area contributed by atoms with Crippen molar-refractivity contribution in [2.45, 2.75) is 6.04 Å². The summed E-state index contributed by atoms with van der Waals surface area (Å²) in [6.07, 6.45) is 0. The highest BCUT2D eigenvalue weighted by atomic mass is 79.9. The zero-order chi connectivity index (χ0) is 11.5. The van der Waals surface area contributed by atoms with Gasteiger partial charge >= 0.3 is 0 Å². The van der Waals surface area contributed by atoms with E-state index in [0.29, 0.717) is 5.02 Å². The summed E-state index contributed by atoms with van der Waals surface area (Å²) in [5.74, 6) is 0. The predicted molar refractivity (Wildman–Crippen MR) is 71.6 cm³/mol. The summed E-state index contributed by atoms with van der Waals surface area (Å²) in [7, 11) is 0. The monoisotopic (exact) mass is 295 g/mol. The van der Waals surface area contributed by atoms with Crippen molar-refractivity contribution in [3.05, 3.63) is 69.2 Å². The third-order valence-electron chi connectivity index (χ3n) is 2.45. The van der Waals surface area contributed by atoms with Crippen LogP contribution in [0.15, 0.2) is 53.0 Å². The fourth-order valence-corrected chi connectivity index (χ4v) is 2.28. The molecule has 16 heavy (non-hydrogen) atoms. The Labute approximate surface area is 108 Å². The lowest BCUT2D eigenvalue weighted by atomic mass is 10.00. The highest BCUT2D eigenvalue weighted by Gasteiger charge is 2.11. The number of benzene rings is 2. The van der Waals surface area contributed by atoms with Gasteiger partial charge in [-0.05, 0) is 29.3 Å². The Balaban J connectivity index is 2.39. The Hall–Kier alpha value is -0.830. The minimum absolute atomic E-state index is 0.189. The van der Waals surface area contributed by atoms with Gasteiger partial charge in [0.1, 0.15) is 0 Å². The minimum atomic E-state index is -0.189. The molecule has 0 bridgehead atoms. The number of halogens is 2. The van der Waals surface area contributed by atoms with E-state index in [1.807, 2.05) is 48.5 Å². The van der Waals surface area contributed by atoms with Crippen molar-refractivity contribution in [1.82, 2.24) is 0 Å². The summed E-state index contributed by atoms with van der Waals surface area (Å²) in [6, 6.07) is 15.4. The number of nitrogens with two attached hydrogens (primary N) is 1. The Kier molecular flexibility index (Phi) is 3.64. The lowest BCUT2D eigenvalue weighted by Crippen LogP contribution is -2.12. The second kappa shape index (κ2) is 5.00. The highest BCUT2D eigenvalue weighted by Crippen LogP contribution is 2.27. The molecule has 0 aliphatic rings. The van der Waals surface area contributed by atoms with Crippen LogP contribution in [0.25, 0.3) is 0 Å². The van der Waals surface area contributed by atoms with Crippen molar-refractivity contribution in [3.63, 3.8) is 0 Å². The van der Waals surface area contributed by atoms with E-state index in [1.54, 1.807) is 0 Å². The molecule has 0 saturated carbocycles. The van der Waals surface area contributed by atoms with Gasteiger partial charge in [0.25, 0.3) is 0 Å². The van der Waals surface area contributed by atoms with Crippen LogP contribution in [0.5, 0.6) is 0 Å². The van der Waals surface area contributed by atoms with Crippen LogP contribution >= 0.6 is 27.5 Å². The van der Waals surface area contributed by atoms with Crippen molar-refractivity contribution in [1.29, 1.82) is 0 Å². The molecule has 2 aromatic carbocycles. The van der Waals surface area contributed by atoms with Crippen LogP contribution in [0.3, 0.4) is 0 Å². The zero-order valence-corrected chi connectivity index (χ0v) is 10.9. The van der Waals surface area contributed by atoms with Crippen molar-refractivity contribution >= 4 is 27.5 Å². The summed E-state index contributed by atoms with van der Waals surface area (Å²) in [5, 5.41) is 0.704. The van der Waals surface area contributed by atoms with Gasteiger partial charge in [0.05, 0.1) is 6.04 Å². The van der Waals surface area contributed by atoms with E-state index in [1.165, 1.54) is 0 Å². The van der Waals surface area contributed by atoms with E-state index in [9.17, 15) is 0 Å². The molecular formula is C13H11BrClN. The van der Waals surface area contributed by atoms with Crippen LogP contribution in [0.4, 0.5) is 0 Å². The molecule has 0 radical (unpaired) electrons. The van der Waals surface area contributed by atoms with Crippen LogP contribution in [-0.4, -0.2) is 0 Å². The van der Waals surface area contributed by atoms with Crippen molar-refractivity contribution in [2.24, 2.45) is 5.73 Å². The van der Waals surface area contributed by atoms with E-state index in [4.69, 9.17) is 17.3 Å². The maximum atomic E-state index is 6.18. The van der Waals surface area contributed by atoms with Gasteiger partial charge in [-0.2, -0.15) is 0 Å². The molecule has 2 aromatic rings. The average Bonchev–Trinajstić information content (AvgIpc) is 2.29. The smallest absolute Gasteiger partial charge is 0.0566 e. The van der Waals surface area contributed by atoms with E-state index >= 15 is 0 Å². The van der Waals surface area contributed by atoms with Crippen LogP contribution < -0.4 is 5.73 Å². The molecule has 2 N–H and O–H groups in total. The molecule has 1 atom stereocenters. The molecule has 0 saturated heterocycles. The first-order valence-corrected chi connectivity index (χ1v) is 6.11. The molecule has 2 rings (SSSR count). The number of rotatable bonds is 2. The molecule has 0 aliphatic carbocycles. The topological polar surface area (TPSA) is 26.0 Å². The Bertz CT molecular complexity index is 499. The fourth-order valence-electron chi connectivity index (χ4n) is 1.61. The maximum absolute atomic E-state index is 6.18. The van der Waals surface area contributed by atoms with Gasteiger partial charge in [-0.15, -0.1) is 0 Å². The molecular weight excluding hydrogens is 286 g/mol. The molecule has 0 aliphatic heterocycles. The highest BCUT2D eigenvalue weighted by molar-refractivity contribution is 9.10. The van der Waals surface area contributed by atoms with Gasteiger partial charge < -0.3 is 5.73 Å². The molecule has 82 valence electrons. The van der Waals surface area contributed by atoms with Gasteiger partial charge in [-0.25, -0.2) is 0 Å². The van der Waals surface area contributed by atoms with Crippen LogP contribution in [0.1, 0.15) is 17.2 Å². The Morgan fingerprint density at radius 3 is 2.50 bits per heavy atom. The summed E-state index contributed by atoms with van der Waals surface area (Å²) in [4.78, 5) is 0. The standard InChI is InChI=1S/C13H11BrClN/c14-10-5-3-4-9(8-10)13(16)11-6-1-2-7-12(11)15/h1-8,13H,16H2. The van der Waals surface area contributed by atoms with E-state index in [0.717, 1.165) is 15.6 Å². The van der Waals surface area contributed by atoms with E-state index < -0.39 is 0 Å². The molecule has 0 spiro atoms. The molecule has 1 unspecified atom stereocenters. The third-order valence-corrected chi connectivity index (χ3v) is 3.29. The first kappa shape index (κ1) is 11.6. The molecule has 0 heterocycles. The average molecular weight is 297 g/mol. The molecule has 1 nitrogen and oxygen atoms in total. The second-order valence-electron chi connectivity index (χ2n) is 3.55. The van der Waals surface area contributed by atoms with Gasteiger partial charge in [0.15, 0.2) is 0 Å². The van der Waals surface area contributed by atoms with Crippen molar-refractivity contribution in [2.75, 3.05) is 0 Å². The Morgan fingerprint density at radius 2 is 1.81 bits per heavy atom. The van der Waals surface area contributed by atoms with Gasteiger partial charge in [-0.1, -0.05) is 57.9 Å². The summed E-state index contributed by atoms with van der Waals surface area (Å²) >= 11 is 9.55. The number of hydrogen-bond acceptors (Lipinski definition) is 1. The minimum Gasteiger partial charge on any atom is -0.320 e. The molecule has 3 heteroatoms. The van der Waals surface area contributed by atoms with Crippen molar-refractivity contribution in [3.8, 4) is 0 Å². The first-order valence-electron chi connectivity index (χ1n) is 4.94. The van der Waals surface area contributed by atoms with Crippen molar-refractivity contribution < 1.29 is 0 Å². The molecule has 0 amide bonds. The summed E-state index contributed by atoms with van der Waals surface area (Å²) in [5.41, 5.74) is 8.17. The maximum Gasteiger partial charge on any atom is 0.0566 e. The predicted octanol–water partition coefficient (Wildman–Crippen LogP) is 4.15. The second-order valence-corrected chi connectivity index (χ2v) is 4.88. The third kappa shape index (κ3) is 2.46. The molecule has 0 fully saturated rings. The van der Waals surface area contributed by atoms with Gasteiger partial charge in [-0.3, -0.25) is 0 Å². The fraction of sp³-hybridized carbons (Fsp3) is 0.0769. The largest absolute Gasteiger partial charge is 0.320 e. The zero-order valence-electron chi connectivity index (χ0n) is 8.53. The van der Waals surface area contributed by atoms with Crippen LogP contribution in [0.2, 0.25) is 5.02 Å². The Morgan fingerprint density at radius 1 is 1.06 bits per heavy atom. The first-order chi connectivity index (χ1) is 7.68. The van der Waals surface area contributed by atoms with Gasteiger partial charge in [0.2, 0.25) is 0 Å². The SMILES string of the molecule is NC(c1cccc(Br)c1)c1ccccc1Cl. The number of hydrogen-bond donors (Lipinski definition) is 1. The van der Waals surface area contributed by atoms with E-state index in [2.05, 4.69) is 15.9 Å². The molecule has 0 aromatic heterocycles. The van der Waals surface area contributed by atoms with Gasteiger partial charge in [0, 0.05) is 9.50 Å². The summed E-state index contributed by atoms with van der Waals surface area (Å²) in [6.45, 7) is 0. The van der Waals surface area contributed by atoms with Crippen LogP contribution in [-0.2, 0) is 0 Å². The lowest BCUT2D eigenvalue weighted by molar-refractivity contribution is 0.871. The lowest BCUT2D eigenvalue weighted by Gasteiger charge is -2.14. The van der Waals surface area contributed by atoms with Crippen LogP contribution in [0, 0.1) is 0 Å². The summed E-state index contributed by atoms with van der Waals surface area (Å²) < 4.78 is 1.02. The normalized spacial score (nSPS) is 12.4. The van der Waals surface area contributed by atoms with E-state index in [-0.39, 0.29) is 6.04 Å².